The Morgan fingerprint density at radius 3 is 2.57 bits per heavy atom. The van der Waals surface area contributed by atoms with Crippen molar-refractivity contribution in [1.29, 1.82) is 0 Å². The molecule has 0 radical (unpaired) electrons. The molecule has 2 rings (SSSR count). The first kappa shape index (κ1) is 10.4. The molecular formula is C12H23NO. The predicted octanol–water partition coefficient (Wildman–Crippen LogP) is 1.93. The topological polar surface area (TPSA) is 32.3 Å². The van der Waals surface area contributed by atoms with Gasteiger partial charge in [-0.3, -0.25) is 0 Å². The molecule has 2 heteroatoms. The van der Waals surface area contributed by atoms with Crippen molar-refractivity contribution in [3.8, 4) is 0 Å². The van der Waals surface area contributed by atoms with E-state index >= 15 is 0 Å². The second-order valence-electron chi connectivity index (χ2n) is 5.06. The second kappa shape index (κ2) is 5.13. The fourth-order valence-electron chi connectivity index (χ4n) is 2.99. The van der Waals surface area contributed by atoms with E-state index in [-0.39, 0.29) is 6.10 Å². The summed E-state index contributed by atoms with van der Waals surface area (Å²) in [6.45, 7) is 2.18. The predicted molar refractivity (Wildman–Crippen MR) is 58.2 cm³/mol. The van der Waals surface area contributed by atoms with E-state index in [1.165, 1.54) is 38.5 Å². The molecule has 1 aliphatic heterocycles. The number of nitrogens with one attached hydrogen (secondary N) is 1. The fraction of sp³-hybridized carbons (Fsp3) is 1.00. The van der Waals surface area contributed by atoms with Crippen molar-refractivity contribution in [3.63, 3.8) is 0 Å². The highest BCUT2D eigenvalue weighted by molar-refractivity contribution is 4.79. The summed E-state index contributed by atoms with van der Waals surface area (Å²) >= 11 is 0. The minimum absolute atomic E-state index is 0.0362. The zero-order valence-electron chi connectivity index (χ0n) is 9.04. The van der Waals surface area contributed by atoms with Gasteiger partial charge in [0, 0.05) is 6.54 Å². The number of aliphatic hydroxyl groups is 1. The van der Waals surface area contributed by atoms with Crippen LogP contribution in [0.2, 0.25) is 0 Å². The molecule has 1 heterocycles. The monoisotopic (exact) mass is 197 g/mol. The van der Waals surface area contributed by atoms with Gasteiger partial charge in [-0.25, -0.2) is 0 Å². The molecule has 2 atom stereocenters. The van der Waals surface area contributed by atoms with Crippen molar-refractivity contribution in [2.75, 3.05) is 13.1 Å². The summed E-state index contributed by atoms with van der Waals surface area (Å²) in [4.78, 5) is 0. The van der Waals surface area contributed by atoms with E-state index < -0.39 is 0 Å². The average molecular weight is 197 g/mol. The zero-order chi connectivity index (χ0) is 9.80. The Balaban J connectivity index is 1.72. The van der Waals surface area contributed by atoms with Crippen molar-refractivity contribution >= 4 is 0 Å². The maximum Gasteiger partial charge on any atom is 0.0583 e. The number of hydrogen-bond donors (Lipinski definition) is 2. The van der Waals surface area contributed by atoms with Gasteiger partial charge < -0.3 is 10.4 Å². The molecule has 1 saturated carbocycles. The Kier molecular flexibility index (Phi) is 3.82. The standard InChI is InChI=1S/C12H23NO/c14-12(8-10-4-1-2-5-10)11-6-3-7-13-9-11/h10-14H,1-9H2. The summed E-state index contributed by atoms with van der Waals surface area (Å²) in [5.41, 5.74) is 0. The lowest BCUT2D eigenvalue weighted by Gasteiger charge is -2.28. The third-order valence-corrected chi connectivity index (χ3v) is 3.93. The van der Waals surface area contributed by atoms with E-state index in [9.17, 15) is 5.11 Å². The number of hydrogen-bond acceptors (Lipinski definition) is 2. The summed E-state index contributed by atoms with van der Waals surface area (Å²) in [5, 5.41) is 13.5. The van der Waals surface area contributed by atoms with E-state index in [2.05, 4.69) is 5.32 Å². The normalized spacial score (nSPS) is 31.9. The van der Waals surface area contributed by atoms with Crippen LogP contribution in [-0.4, -0.2) is 24.3 Å². The van der Waals surface area contributed by atoms with E-state index in [0.717, 1.165) is 25.4 Å². The summed E-state index contributed by atoms with van der Waals surface area (Å²) in [5.74, 6) is 1.36. The lowest BCUT2D eigenvalue weighted by atomic mass is 9.87. The van der Waals surface area contributed by atoms with Crippen LogP contribution in [0.25, 0.3) is 0 Å². The molecule has 0 aromatic heterocycles. The quantitative estimate of drug-likeness (QED) is 0.724. The molecule has 14 heavy (non-hydrogen) atoms. The summed E-state index contributed by atoms with van der Waals surface area (Å²) in [7, 11) is 0. The average Bonchev–Trinajstić information content (AvgIpc) is 2.72. The lowest BCUT2D eigenvalue weighted by molar-refractivity contribution is 0.0693. The Morgan fingerprint density at radius 2 is 1.93 bits per heavy atom. The Labute approximate surface area is 87.1 Å². The smallest absolute Gasteiger partial charge is 0.0583 e. The molecule has 2 nitrogen and oxygen atoms in total. The van der Waals surface area contributed by atoms with E-state index in [0.29, 0.717) is 5.92 Å². The Hall–Kier alpha value is -0.0800. The molecule has 2 unspecified atom stereocenters. The van der Waals surface area contributed by atoms with Gasteiger partial charge in [0.05, 0.1) is 6.10 Å². The van der Waals surface area contributed by atoms with E-state index in [4.69, 9.17) is 0 Å². The fourth-order valence-corrected chi connectivity index (χ4v) is 2.99. The first-order chi connectivity index (χ1) is 6.86. The van der Waals surface area contributed by atoms with Gasteiger partial charge in [-0.2, -0.15) is 0 Å². The van der Waals surface area contributed by atoms with Gasteiger partial charge in [-0.1, -0.05) is 25.7 Å². The third kappa shape index (κ3) is 2.71. The minimum atomic E-state index is -0.0362. The first-order valence-electron chi connectivity index (χ1n) is 6.25. The number of aliphatic hydroxyl groups excluding tert-OH is 1. The van der Waals surface area contributed by atoms with Gasteiger partial charge in [0.2, 0.25) is 0 Å². The van der Waals surface area contributed by atoms with Gasteiger partial charge in [-0.15, -0.1) is 0 Å². The summed E-state index contributed by atoms with van der Waals surface area (Å²) in [6, 6.07) is 0. The van der Waals surface area contributed by atoms with Crippen LogP contribution in [-0.2, 0) is 0 Å². The van der Waals surface area contributed by atoms with Crippen LogP contribution in [0, 0.1) is 11.8 Å². The highest BCUT2D eigenvalue weighted by Gasteiger charge is 2.25. The molecule has 2 fully saturated rings. The van der Waals surface area contributed by atoms with Crippen molar-refractivity contribution in [2.24, 2.45) is 11.8 Å². The Morgan fingerprint density at radius 1 is 1.14 bits per heavy atom. The van der Waals surface area contributed by atoms with Crippen LogP contribution < -0.4 is 5.32 Å². The van der Waals surface area contributed by atoms with E-state index in [1.54, 1.807) is 0 Å². The molecule has 0 spiro atoms. The van der Waals surface area contributed by atoms with Crippen molar-refractivity contribution < 1.29 is 5.11 Å². The van der Waals surface area contributed by atoms with Gasteiger partial charge in [0.15, 0.2) is 0 Å². The lowest BCUT2D eigenvalue weighted by Crippen LogP contribution is -2.37. The van der Waals surface area contributed by atoms with Gasteiger partial charge >= 0.3 is 0 Å². The van der Waals surface area contributed by atoms with Crippen molar-refractivity contribution in [2.45, 2.75) is 51.0 Å². The summed E-state index contributed by atoms with van der Waals surface area (Å²) < 4.78 is 0. The third-order valence-electron chi connectivity index (χ3n) is 3.93. The second-order valence-corrected chi connectivity index (χ2v) is 5.06. The zero-order valence-corrected chi connectivity index (χ0v) is 9.04. The van der Waals surface area contributed by atoms with Gasteiger partial charge in [0.25, 0.3) is 0 Å². The highest BCUT2D eigenvalue weighted by atomic mass is 16.3. The van der Waals surface area contributed by atoms with Gasteiger partial charge in [-0.05, 0) is 37.6 Å². The molecule has 0 aromatic carbocycles. The molecule has 2 N–H and O–H groups in total. The molecule has 2 aliphatic rings. The largest absolute Gasteiger partial charge is 0.393 e. The van der Waals surface area contributed by atoms with Crippen LogP contribution >= 0.6 is 0 Å². The van der Waals surface area contributed by atoms with Crippen molar-refractivity contribution in [1.82, 2.24) is 5.32 Å². The van der Waals surface area contributed by atoms with Crippen LogP contribution in [0.3, 0.4) is 0 Å². The molecular weight excluding hydrogens is 174 g/mol. The minimum Gasteiger partial charge on any atom is -0.393 e. The van der Waals surface area contributed by atoms with E-state index in [1.807, 2.05) is 0 Å². The Bertz CT molecular complexity index is 160. The number of piperidine rings is 1. The van der Waals surface area contributed by atoms with Crippen LogP contribution in [0.5, 0.6) is 0 Å². The van der Waals surface area contributed by atoms with Crippen LogP contribution in [0.4, 0.5) is 0 Å². The van der Waals surface area contributed by atoms with Crippen LogP contribution in [0.1, 0.15) is 44.9 Å². The molecule has 0 amide bonds. The number of rotatable bonds is 3. The van der Waals surface area contributed by atoms with Crippen molar-refractivity contribution in [3.05, 3.63) is 0 Å². The molecule has 82 valence electrons. The van der Waals surface area contributed by atoms with Crippen LogP contribution in [0.15, 0.2) is 0 Å². The molecule has 0 aromatic rings. The maximum absolute atomic E-state index is 10.1. The van der Waals surface area contributed by atoms with Gasteiger partial charge in [0.1, 0.15) is 0 Å². The maximum atomic E-state index is 10.1. The SMILES string of the molecule is OC(CC1CCCC1)C1CCCNC1. The summed E-state index contributed by atoms with van der Waals surface area (Å²) in [6.07, 6.45) is 8.99. The first-order valence-corrected chi connectivity index (χ1v) is 6.25. The highest BCUT2D eigenvalue weighted by Crippen LogP contribution is 2.31. The molecule has 1 aliphatic carbocycles. The molecule has 1 saturated heterocycles. The molecule has 0 bridgehead atoms.